The van der Waals surface area contributed by atoms with Crippen molar-refractivity contribution in [3.63, 3.8) is 0 Å². The van der Waals surface area contributed by atoms with Crippen LogP contribution in [0.2, 0.25) is 0 Å². The number of aliphatic imine (C=N–C) groups is 1. The molecule has 0 saturated heterocycles. The number of allylic oxidation sites excluding steroid dienone is 2. The Morgan fingerprint density at radius 1 is 1.11 bits per heavy atom. The average molecular weight is 379 g/mol. The molecule has 2 unspecified atom stereocenters. The number of quaternary nitrogens is 1. The van der Waals surface area contributed by atoms with Gasteiger partial charge in [-0.1, -0.05) is 63.5 Å². The Balaban J connectivity index is 2.08. The predicted octanol–water partition coefficient (Wildman–Crippen LogP) is 5.33. The third kappa shape index (κ3) is 8.85. The first-order valence-corrected chi connectivity index (χ1v) is 10.7. The van der Waals surface area contributed by atoms with Crippen LogP contribution >= 0.6 is 0 Å². The largest absolute Gasteiger partial charge is 0.477 e. The highest BCUT2D eigenvalue weighted by Gasteiger charge is 2.40. The zero-order valence-corrected chi connectivity index (χ0v) is 17.4. The van der Waals surface area contributed by atoms with Crippen molar-refractivity contribution in [3.05, 3.63) is 24.6 Å². The van der Waals surface area contributed by atoms with E-state index in [9.17, 15) is 9.90 Å². The summed E-state index contributed by atoms with van der Waals surface area (Å²) in [6, 6.07) is 0. The van der Waals surface area contributed by atoms with E-state index in [1.807, 2.05) is 13.1 Å². The number of carbonyl (C=O) groups is 1. The van der Waals surface area contributed by atoms with Crippen LogP contribution in [-0.4, -0.2) is 34.1 Å². The Morgan fingerprint density at radius 2 is 1.67 bits per heavy atom. The minimum atomic E-state index is -0.839. The fourth-order valence-electron chi connectivity index (χ4n) is 3.71. The summed E-state index contributed by atoms with van der Waals surface area (Å²) in [6.07, 6.45) is 22.6. The molecule has 5 heteroatoms. The Bertz CT molecular complexity index is 512. The Hall–Kier alpha value is -1.46. The normalized spacial score (nSPS) is 20.3. The second-order valence-corrected chi connectivity index (χ2v) is 7.71. The van der Waals surface area contributed by atoms with Crippen molar-refractivity contribution in [1.29, 1.82) is 0 Å². The van der Waals surface area contributed by atoms with Gasteiger partial charge in [0, 0.05) is 13.3 Å². The molecule has 5 nitrogen and oxygen atoms in total. The molecule has 0 aliphatic carbocycles. The molecule has 2 atom stereocenters. The molecule has 0 fully saturated rings. The zero-order chi connectivity index (χ0) is 20.0. The third-order valence-corrected chi connectivity index (χ3v) is 5.42. The van der Waals surface area contributed by atoms with Gasteiger partial charge in [-0.15, -0.1) is 0 Å². The summed E-state index contributed by atoms with van der Waals surface area (Å²) in [5, 5.41) is 9.23. The van der Waals surface area contributed by atoms with Gasteiger partial charge in [-0.25, -0.2) is 14.3 Å². The van der Waals surface area contributed by atoms with E-state index < -0.39 is 5.97 Å². The van der Waals surface area contributed by atoms with Gasteiger partial charge in [-0.2, -0.15) is 0 Å². The third-order valence-electron chi connectivity index (χ3n) is 5.42. The Morgan fingerprint density at radius 3 is 2.19 bits per heavy atom. The summed E-state index contributed by atoms with van der Waals surface area (Å²) < 4.78 is 0.170. The van der Waals surface area contributed by atoms with Crippen LogP contribution in [0, 0.1) is 0 Å². The van der Waals surface area contributed by atoms with Gasteiger partial charge in [0.05, 0.1) is 6.20 Å². The first-order chi connectivity index (χ1) is 13.0. The molecule has 0 bridgehead atoms. The first-order valence-electron chi connectivity index (χ1n) is 10.7. The fraction of sp³-hybridized carbons (Fsp3) is 0.727. The lowest BCUT2D eigenvalue weighted by molar-refractivity contribution is -0.805. The highest BCUT2D eigenvalue weighted by atomic mass is 16.4. The zero-order valence-electron chi connectivity index (χ0n) is 17.4. The highest BCUT2D eigenvalue weighted by Crippen LogP contribution is 2.23. The molecule has 0 aromatic heterocycles. The van der Waals surface area contributed by atoms with E-state index in [4.69, 9.17) is 5.73 Å². The van der Waals surface area contributed by atoms with Crippen LogP contribution < -0.4 is 5.73 Å². The second kappa shape index (κ2) is 13.7. The molecule has 0 radical (unpaired) electrons. The summed E-state index contributed by atoms with van der Waals surface area (Å²) in [5.41, 5.74) is 6.09. The molecule has 0 aromatic rings. The van der Waals surface area contributed by atoms with Crippen molar-refractivity contribution in [1.82, 2.24) is 0 Å². The molecule has 0 saturated carbocycles. The second-order valence-electron chi connectivity index (χ2n) is 7.71. The molecule has 0 amide bonds. The van der Waals surface area contributed by atoms with Crippen molar-refractivity contribution >= 4 is 11.8 Å². The highest BCUT2D eigenvalue weighted by molar-refractivity contribution is 5.81. The van der Waals surface area contributed by atoms with Crippen molar-refractivity contribution in [2.45, 2.75) is 97.1 Å². The molecular weight excluding hydrogens is 338 g/mol. The van der Waals surface area contributed by atoms with E-state index in [-0.39, 0.29) is 17.2 Å². The number of hydrogen-bond donors (Lipinski definition) is 2. The maximum absolute atomic E-state index is 11.2. The van der Waals surface area contributed by atoms with Gasteiger partial charge < -0.3 is 5.11 Å². The minimum Gasteiger partial charge on any atom is -0.477 e. The quantitative estimate of drug-likeness (QED) is 0.216. The first kappa shape index (κ1) is 23.6. The number of unbranched alkanes of at least 4 members (excludes halogenated alkanes) is 10. The molecule has 1 aliphatic rings. The molecule has 154 valence electrons. The van der Waals surface area contributed by atoms with Crippen LogP contribution in [0.5, 0.6) is 0 Å². The molecule has 3 N–H and O–H groups in total. The van der Waals surface area contributed by atoms with Gasteiger partial charge in [0.2, 0.25) is 5.84 Å². The lowest BCUT2D eigenvalue weighted by Gasteiger charge is -2.34. The standard InChI is InChI=1S/C22H39N3O2/c1-3-4-5-6-7-8-9-10-11-12-13-14-15-16-21-24-17-18-25(21,20(2)23)19-22(26)27/h3-4,17-18,20H,5-16,19,23H2,1-2H3/p+1/b4-3+. The maximum atomic E-state index is 11.2. The molecule has 0 spiro atoms. The fourth-order valence-corrected chi connectivity index (χ4v) is 3.71. The number of amidine groups is 1. The van der Waals surface area contributed by atoms with Gasteiger partial charge in [-0.05, 0) is 26.2 Å². The summed E-state index contributed by atoms with van der Waals surface area (Å²) in [4.78, 5) is 15.7. The summed E-state index contributed by atoms with van der Waals surface area (Å²) >= 11 is 0. The monoisotopic (exact) mass is 378 g/mol. The van der Waals surface area contributed by atoms with Gasteiger partial charge in [0.1, 0.15) is 12.4 Å². The summed E-state index contributed by atoms with van der Waals surface area (Å²) in [7, 11) is 0. The number of hydrogen-bond acceptors (Lipinski definition) is 3. The van der Waals surface area contributed by atoms with Crippen LogP contribution in [0.4, 0.5) is 0 Å². The molecule has 1 rings (SSSR count). The topological polar surface area (TPSA) is 75.7 Å². The van der Waals surface area contributed by atoms with Gasteiger partial charge in [0.25, 0.3) is 0 Å². The van der Waals surface area contributed by atoms with E-state index in [0.29, 0.717) is 0 Å². The Kier molecular flexibility index (Phi) is 11.9. The Labute approximate surface area is 165 Å². The van der Waals surface area contributed by atoms with Crippen LogP contribution in [0.25, 0.3) is 0 Å². The average Bonchev–Trinajstić information content (AvgIpc) is 3.02. The predicted molar refractivity (Wildman–Crippen MR) is 113 cm³/mol. The number of carboxylic acid groups (broad SMARTS) is 1. The SMILES string of the molecule is C/C=C/CCCCCCCCCCCCC1=NC=C[N+]1(CC(=O)O)C(C)N. The number of rotatable bonds is 16. The molecule has 0 aromatic carbocycles. The van der Waals surface area contributed by atoms with E-state index in [2.05, 4.69) is 24.1 Å². The number of nitrogens with zero attached hydrogens (tertiary/aromatic N) is 2. The van der Waals surface area contributed by atoms with Crippen LogP contribution in [0.15, 0.2) is 29.5 Å². The van der Waals surface area contributed by atoms with E-state index >= 15 is 0 Å². The lowest BCUT2D eigenvalue weighted by Crippen LogP contribution is -2.59. The van der Waals surface area contributed by atoms with E-state index in [1.165, 1.54) is 64.2 Å². The van der Waals surface area contributed by atoms with Crippen molar-refractivity contribution in [3.8, 4) is 0 Å². The van der Waals surface area contributed by atoms with Crippen LogP contribution in [-0.2, 0) is 4.79 Å². The van der Waals surface area contributed by atoms with Crippen molar-refractivity contribution < 1.29 is 14.4 Å². The number of nitrogens with two attached hydrogens (primary N) is 1. The molecular formula is C22H40N3O2+. The number of aliphatic carboxylic acids is 1. The van der Waals surface area contributed by atoms with Gasteiger partial charge >= 0.3 is 5.97 Å². The molecule has 27 heavy (non-hydrogen) atoms. The van der Waals surface area contributed by atoms with Crippen molar-refractivity contribution in [2.75, 3.05) is 6.54 Å². The van der Waals surface area contributed by atoms with Crippen LogP contribution in [0.1, 0.15) is 90.9 Å². The lowest BCUT2D eigenvalue weighted by atomic mass is 10.0. The summed E-state index contributed by atoms with van der Waals surface area (Å²) in [5.74, 6) is 0.0543. The van der Waals surface area contributed by atoms with E-state index in [0.717, 1.165) is 18.7 Å². The minimum absolute atomic E-state index is 0.0261. The molecule has 1 heterocycles. The van der Waals surface area contributed by atoms with Crippen molar-refractivity contribution in [2.24, 2.45) is 10.7 Å². The van der Waals surface area contributed by atoms with Crippen LogP contribution in [0.3, 0.4) is 0 Å². The smallest absolute Gasteiger partial charge is 0.360 e. The van der Waals surface area contributed by atoms with Gasteiger partial charge in [0.15, 0.2) is 6.54 Å². The molecule has 1 aliphatic heterocycles. The van der Waals surface area contributed by atoms with Gasteiger partial charge in [-0.3, -0.25) is 5.73 Å². The maximum Gasteiger partial charge on any atom is 0.360 e. The number of carboxylic acids is 1. The van der Waals surface area contributed by atoms with E-state index in [1.54, 1.807) is 6.20 Å². The summed E-state index contributed by atoms with van der Waals surface area (Å²) in [6.45, 7) is 3.92.